The summed E-state index contributed by atoms with van der Waals surface area (Å²) >= 11 is 0. The van der Waals surface area contributed by atoms with Crippen LogP contribution in [0.25, 0.3) is 6.08 Å². The largest absolute Gasteiger partial charge is 0.493 e. The molecule has 2 rings (SSSR count). The van der Waals surface area contributed by atoms with E-state index in [-0.39, 0.29) is 5.57 Å². The van der Waals surface area contributed by atoms with Crippen molar-refractivity contribution in [3.05, 3.63) is 59.4 Å². The maximum absolute atomic E-state index is 12.9. The number of methoxy groups -OCH3 is 1. The van der Waals surface area contributed by atoms with Gasteiger partial charge in [0.1, 0.15) is 17.5 Å². The van der Waals surface area contributed by atoms with Gasteiger partial charge in [0, 0.05) is 5.69 Å². The van der Waals surface area contributed by atoms with Crippen LogP contribution in [0.3, 0.4) is 0 Å². The Bertz CT molecular complexity index is 824. The second kappa shape index (κ2) is 8.50. The van der Waals surface area contributed by atoms with Crippen LogP contribution >= 0.6 is 0 Å². The molecule has 0 aromatic heterocycles. The number of rotatable bonds is 6. The van der Waals surface area contributed by atoms with E-state index < -0.39 is 11.7 Å². The van der Waals surface area contributed by atoms with Crippen molar-refractivity contribution in [2.45, 2.75) is 6.92 Å². The highest BCUT2D eigenvalue weighted by atomic mass is 19.1. The first-order valence-electron chi connectivity index (χ1n) is 7.57. The van der Waals surface area contributed by atoms with Crippen molar-refractivity contribution in [2.24, 2.45) is 0 Å². The summed E-state index contributed by atoms with van der Waals surface area (Å²) in [6, 6.07) is 12.3. The molecule has 2 aromatic rings. The van der Waals surface area contributed by atoms with Crippen LogP contribution in [-0.2, 0) is 4.79 Å². The Morgan fingerprint density at radius 3 is 2.56 bits per heavy atom. The molecular formula is C19H17FN2O3. The second-order valence-corrected chi connectivity index (χ2v) is 4.97. The number of carbonyl (C=O) groups is 1. The minimum absolute atomic E-state index is 0.0875. The fraction of sp³-hybridized carbons (Fsp3) is 0.158. The Labute approximate surface area is 145 Å². The monoisotopic (exact) mass is 340 g/mol. The Kier molecular flexibility index (Phi) is 6.13. The highest BCUT2D eigenvalue weighted by Crippen LogP contribution is 2.29. The molecule has 128 valence electrons. The zero-order chi connectivity index (χ0) is 18.2. The van der Waals surface area contributed by atoms with Gasteiger partial charge in [-0.05, 0) is 55.0 Å². The molecule has 0 aliphatic carbocycles. The van der Waals surface area contributed by atoms with Crippen LogP contribution in [0.2, 0.25) is 0 Å². The van der Waals surface area contributed by atoms with E-state index in [1.165, 1.54) is 37.5 Å². The first-order chi connectivity index (χ1) is 12.1. The Balaban J connectivity index is 2.22. The van der Waals surface area contributed by atoms with Crippen molar-refractivity contribution in [3.8, 4) is 17.6 Å². The van der Waals surface area contributed by atoms with Gasteiger partial charge < -0.3 is 14.8 Å². The first kappa shape index (κ1) is 18.0. The molecule has 0 aliphatic heterocycles. The zero-order valence-corrected chi connectivity index (χ0v) is 13.9. The summed E-state index contributed by atoms with van der Waals surface area (Å²) < 4.78 is 23.6. The molecule has 0 heterocycles. The lowest BCUT2D eigenvalue weighted by atomic mass is 10.1. The minimum Gasteiger partial charge on any atom is -0.493 e. The number of hydrogen-bond donors (Lipinski definition) is 1. The number of benzene rings is 2. The van der Waals surface area contributed by atoms with E-state index in [1.807, 2.05) is 13.0 Å². The summed E-state index contributed by atoms with van der Waals surface area (Å²) in [7, 11) is 1.51. The van der Waals surface area contributed by atoms with E-state index >= 15 is 0 Å². The van der Waals surface area contributed by atoms with Crippen LogP contribution in [-0.4, -0.2) is 19.6 Å². The van der Waals surface area contributed by atoms with Gasteiger partial charge in [-0.3, -0.25) is 4.79 Å². The van der Waals surface area contributed by atoms with Crippen LogP contribution in [0, 0.1) is 17.1 Å². The average Bonchev–Trinajstić information content (AvgIpc) is 2.62. The summed E-state index contributed by atoms with van der Waals surface area (Å²) in [4.78, 5) is 12.2. The predicted molar refractivity (Wildman–Crippen MR) is 92.8 cm³/mol. The summed E-state index contributed by atoms with van der Waals surface area (Å²) in [5.41, 5.74) is 0.929. The number of nitrogens with zero attached hydrogens (tertiary/aromatic N) is 1. The van der Waals surface area contributed by atoms with Gasteiger partial charge in [0.2, 0.25) is 0 Å². The maximum Gasteiger partial charge on any atom is 0.266 e. The summed E-state index contributed by atoms with van der Waals surface area (Å²) in [5.74, 6) is 0.0979. The smallest absolute Gasteiger partial charge is 0.266 e. The van der Waals surface area contributed by atoms with Crippen LogP contribution in [0.4, 0.5) is 10.1 Å². The molecule has 0 saturated carbocycles. The third-order valence-electron chi connectivity index (χ3n) is 3.27. The molecule has 0 fully saturated rings. The molecule has 0 saturated heterocycles. The van der Waals surface area contributed by atoms with Gasteiger partial charge in [-0.25, -0.2) is 4.39 Å². The number of nitrogens with one attached hydrogen (secondary N) is 1. The van der Waals surface area contributed by atoms with Crippen LogP contribution in [0.1, 0.15) is 12.5 Å². The maximum atomic E-state index is 12.9. The lowest BCUT2D eigenvalue weighted by Gasteiger charge is -2.10. The Morgan fingerprint density at radius 2 is 1.96 bits per heavy atom. The average molecular weight is 340 g/mol. The molecule has 0 spiro atoms. The molecule has 25 heavy (non-hydrogen) atoms. The summed E-state index contributed by atoms with van der Waals surface area (Å²) in [6.07, 6.45) is 1.44. The first-order valence-corrected chi connectivity index (χ1v) is 7.57. The van der Waals surface area contributed by atoms with E-state index in [0.717, 1.165) is 0 Å². The third-order valence-corrected chi connectivity index (χ3v) is 3.27. The van der Waals surface area contributed by atoms with Crippen molar-refractivity contribution in [1.29, 1.82) is 5.26 Å². The Morgan fingerprint density at radius 1 is 1.24 bits per heavy atom. The van der Waals surface area contributed by atoms with E-state index in [1.54, 1.807) is 18.2 Å². The molecule has 1 amide bonds. The number of amides is 1. The second-order valence-electron chi connectivity index (χ2n) is 4.97. The molecule has 1 N–H and O–H groups in total. The number of ether oxygens (including phenoxy) is 2. The number of nitriles is 1. The molecule has 6 heteroatoms. The van der Waals surface area contributed by atoms with Crippen molar-refractivity contribution in [1.82, 2.24) is 0 Å². The molecule has 0 bridgehead atoms. The molecule has 0 atom stereocenters. The van der Waals surface area contributed by atoms with Gasteiger partial charge >= 0.3 is 0 Å². The number of halogens is 1. The molecule has 0 aliphatic rings. The van der Waals surface area contributed by atoms with E-state index in [2.05, 4.69) is 5.32 Å². The number of anilines is 1. The summed E-state index contributed by atoms with van der Waals surface area (Å²) in [6.45, 7) is 2.36. The van der Waals surface area contributed by atoms with Gasteiger partial charge in [0.05, 0.1) is 13.7 Å². The van der Waals surface area contributed by atoms with E-state index in [0.29, 0.717) is 29.4 Å². The standard InChI is InChI=1S/C19H17FN2O3/c1-3-25-17-9-4-13(11-18(17)24-2)10-14(12-21)19(23)22-16-7-5-15(20)6-8-16/h4-11H,3H2,1-2H3,(H,22,23)/b14-10-. The lowest BCUT2D eigenvalue weighted by Crippen LogP contribution is -2.13. The van der Waals surface area contributed by atoms with Crippen LogP contribution in [0.5, 0.6) is 11.5 Å². The number of hydrogen-bond acceptors (Lipinski definition) is 4. The van der Waals surface area contributed by atoms with Crippen LogP contribution < -0.4 is 14.8 Å². The molecular weight excluding hydrogens is 323 g/mol. The van der Waals surface area contributed by atoms with E-state index in [9.17, 15) is 14.4 Å². The quantitative estimate of drug-likeness (QED) is 0.642. The lowest BCUT2D eigenvalue weighted by molar-refractivity contribution is -0.112. The molecule has 2 aromatic carbocycles. The fourth-order valence-electron chi connectivity index (χ4n) is 2.10. The SMILES string of the molecule is CCOc1ccc(/C=C(/C#N)C(=O)Nc2ccc(F)cc2)cc1OC. The topological polar surface area (TPSA) is 71.3 Å². The predicted octanol–water partition coefficient (Wildman–Crippen LogP) is 3.78. The van der Waals surface area contributed by atoms with Crippen molar-refractivity contribution >= 4 is 17.7 Å². The molecule has 5 nitrogen and oxygen atoms in total. The zero-order valence-electron chi connectivity index (χ0n) is 13.9. The summed E-state index contributed by atoms with van der Waals surface area (Å²) in [5, 5.41) is 11.8. The number of carbonyl (C=O) groups excluding carboxylic acids is 1. The van der Waals surface area contributed by atoms with Crippen molar-refractivity contribution in [3.63, 3.8) is 0 Å². The molecule has 0 unspecified atom stereocenters. The Hall–Kier alpha value is -3.33. The van der Waals surface area contributed by atoms with Crippen molar-refractivity contribution in [2.75, 3.05) is 19.0 Å². The van der Waals surface area contributed by atoms with Gasteiger partial charge in [-0.15, -0.1) is 0 Å². The fourth-order valence-corrected chi connectivity index (χ4v) is 2.10. The highest BCUT2D eigenvalue weighted by Gasteiger charge is 2.11. The van der Waals surface area contributed by atoms with Gasteiger partial charge in [0.15, 0.2) is 11.5 Å². The third kappa shape index (κ3) is 4.82. The van der Waals surface area contributed by atoms with Crippen molar-refractivity contribution < 1.29 is 18.7 Å². The highest BCUT2D eigenvalue weighted by molar-refractivity contribution is 6.09. The van der Waals surface area contributed by atoms with Gasteiger partial charge in [-0.1, -0.05) is 6.07 Å². The van der Waals surface area contributed by atoms with Gasteiger partial charge in [0.25, 0.3) is 5.91 Å². The van der Waals surface area contributed by atoms with Gasteiger partial charge in [-0.2, -0.15) is 5.26 Å². The van der Waals surface area contributed by atoms with E-state index in [4.69, 9.17) is 9.47 Å². The minimum atomic E-state index is -0.582. The van der Waals surface area contributed by atoms with Crippen LogP contribution in [0.15, 0.2) is 48.0 Å². The molecule has 0 radical (unpaired) electrons. The normalized spacial score (nSPS) is 10.7.